The molecule has 7 nitrogen and oxygen atoms in total. The summed E-state index contributed by atoms with van der Waals surface area (Å²) in [5.41, 5.74) is -7.36. The van der Waals surface area contributed by atoms with E-state index in [9.17, 15) is 24.6 Å². The number of carboxylic acid groups (broad SMARTS) is 1. The SMILES string of the molecule is C[C@@H]1C[C@H]2C3C[C@H](F)C4=CC(=O)C=C[C@]4(C)[C@@]3(F)C(O)C[C@]2(C)C1(OC(=O)OC1CCCCCC1)C(=O)O. The summed E-state index contributed by atoms with van der Waals surface area (Å²) in [4.78, 5) is 38.0. The number of ether oxygens (including phenoxy) is 2. The molecule has 0 aromatic carbocycles. The standard InChI is InChI=1S/C29H38F2O7/c1-16-12-19-20-14-22(30)21-13-17(32)10-11-26(21,2)28(20,31)23(33)15-27(19,3)29(16,24(34)35)38-25(36)37-18-8-6-4-5-7-9-18/h10-11,13,16,18-20,22-23,33H,4-9,12,14-15H2,1-3H3,(H,34,35)/t16-,19+,20?,22+,23?,26+,27+,28+,29?/m1/s1. The van der Waals surface area contributed by atoms with E-state index in [-0.39, 0.29) is 30.9 Å². The van der Waals surface area contributed by atoms with Crippen LogP contribution in [-0.2, 0) is 19.1 Å². The summed E-state index contributed by atoms with van der Waals surface area (Å²) in [5.74, 6) is -4.31. The van der Waals surface area contributed by atoms with E-state index in [0.29, 0.717) is 12.8 Å². The minimum absolute atomic E-state index is 0.00479. The van der Waals surface area contributed by atoms with Crippen molar-refractivity contribution in [2.75, 3.05) is 0 Å². The largest absolute Gasteiger partial charge is 0.509 e. The Balaban J connectivity index is 1.51. The van der Waals surface area contributed by atoms with E-state index in [1.54, 1.807) is 13.8 Å². The third kappa shape index (κ3) is 3.56. The average Bonchev–Trinajstić information content (AvgIpc) is 3.00. The molecule has 0 aromatic rings. The minimum atomic E-state index is -2.34. The van der Waals surface area contributed by atoms with Gasteiger partial charge in [0.1, 0.15) is 12.3 Å². The number of alkyl halides is 2. The van der Waals surface area contributed by atoms with Crippen LogP contribution >= 0.6 is 0 Å². The second-order valence-corrected chi connectivity index (χ2v) is 12.6. The predicted octanol–water partition coefficient (Wildman–Crippen LogP) is 5.25. The maximum atomic E-state index is 17.3. The number of carbonyl (C=O) groups excluding carboxylic acids is 2. The Labute approximate surface area is 221 Å². The number of carboxylic acids is 1. The Bertz CT molecular complexity index is 1080. The highest BCUT2D eigenvalue weighted by Crippen LogP contribution is 2.71. The maximum absolute atomic E-state index is 17.3. The number of carbonyl (C=O) groups is 3. The van der Waals surface area contributed by atoms with E-state index in [1.807, 2.05) is 0 Å². The fraction of sp³-hybridized carbons (Fsp3) is 0.759. The van der Waals surface area contributed by atoms with E-state index in [4.69, 9.17) is 9.47 Å². The molecule has 0 saturated heterocycles. The highest BCUT2D eigenvalue weighted by Gasteiger charge is 2.78. The van der Waals surface area contributed by atoms with E-state index < -0.39 is 70.0 Å². The van der Waals surface area contributed by atoms with Crippen LogP contribution in [0.3, 0.4) is 0 Å². The highest BCUT2D eigenvalue weighted by atomic mass is 19.1. The zero-order valence-corrected chi connectivity index (χ0v) is 22.3. The van der Waals surface area contributed by atoms with Gasteiger partial charge >= 0.3 is 12.1 Å². The number of allylic oxidation sites excluding steroid dienone is 4. The molecule has 0 radical (unpaired) electrons. The molecule has 0 amide bonds. The molecule has 0 bridgehead atoms. The van der Waals surface area contributed by atoms with Crippen LogP contribution in [0.25, 0.3) is 0 Å². The summed E-state index contributed by atoms with van der Waals surface area (Å²) in [7, 11) is 0. The molecule has 9 heteroatoms. The minimum Gasteiger partial charge on any atom is -0.478 e. The van der Waals surface area contributed by atoms with Gasteiger partial charge < -0.3 is 19.7 Å². The number of ketones is 1. The molecule has 9 atom stereocenters. The lowest BCUT2D eigenvalue weighted by atomic mass is 9.44. The number of fused-ring (bicyclic) bond motifs is 5. The molecule has 4 saturated carbocycles. The van der Waals surface area contributed by atoms with Crippen molar-refractivity contribution < 1.29 is 42.9 Å². The molecule has 0 spiro atoms. The first-order chi connectivity index (χ1) is 17.8. The molecular formula is C29H38F2O7. The van der Waals surface area contributed by atoms with E-state index in [0.717, 1.165) is 31.8 Å². The summed E-state index contributed by atoms with van der Waals surface area (Å²) >= 11 is 0. The molecule has 0 aliphatic heterocycles. The molecule has 5 rings (SSSR count). The zero-order chi connectivity index (χ0) is 27.7. The van der Waals surface area contributed by atoms with Gasteiger partial charge in [0, 0.05) is 22.7 Å². The first-order valence-corrected chi connectivity index (χ1v) is 13.9. The van der Waals surface area contributed by atoms with E-state index in [2.05, 4.69) is 0 Å². The Hall–Kier alpha value is -2.29. The van der Waals surface area contributed by atoms with Crippen molar-refractivity contribution in [2.45, 2.75) is 108 Å². The number of aliphatic carboxylic acids is 1. The summed E-state index contributed by atoms with van der Waals surface area (Å²) in [5, 5.41) is 22.0. The van der Waals surface area contributed by atoms with Gasteiger partial charge in [-0.3, -0.25) is 4.79 Å². The molecule has 2 N–H and O–H groups in total. The number of aliphatic hydroxyl groups excluding tert-OH is 1. The van der Waals surface area contributed by atoms with Gasteiger partial charge in [-0.15, -0.1) is 0 Å². The van der Waals surface area contributed by atoms with Crippen LogP contribution in [0.2, 0.25) is 0 Å². The fourth-order valence-electron chi connectivity index (χ4n) is 8.89. The molecule has 38 heavy (non-hydrogen) atoms. The van der Waals surface area contributed by atoms with Gasteiger partial charge in [-0.1, -0.05) is 32.8 Å². The summed E-state index contributed by atoms with van der Waals surface area (Å²) in [6.45, 7) is 4.75. The topological polar surface area (TPSA) is 110 Å². The third-order valence-electron chi connectivity index (χ3n) is 10.8. The lowest BCUT2D eigenvalue weighted by molar-refractivity contribution is -0.232. The molecule has 0 heterocycles. The second kappa shape index (κ2) is 9.14. The van der Waals surface area contributed by atoms with Crippen molar-refractivity contribution in [2.24, 2.45) is 28.6 Å². The van der Waals surface area contributed by atoms with Crippen LogP contribution in [0.1, 0.15) is 78.6 Å². The monoisotopic (exact) mass is 536 g/mol. The summed E-state index contributed by atoms with van der Waals surface area (Å²) in [6.07, 6.45) is 3.75. The molecule has 3 unspecified atom stereocenters. The molecule has 5 aliphatic carbocycles. The van der Waals surface area contributed by atoms with Crippen LogP contribution in [0.4, 0.5) is 13.6 Å². The van der Waals surface area contributed by atoms with Crippen LogP contribution in [0, 0.1) is 28.6 Å². The normalized spacial score (nSPS) is 46.7. The number of hydrogen-bond acceptors (Lipinski definition) is 6. The number of hydrogen-bond donors (Lipinski definition) is 2. The van der Waals surface area contributed by atoms with Crippen molar-refractivity contribution in [3.63, 3.8) is 0 Å². The summed E-state index contributed by atoms with van der Waals surface area (Å²) < 4.78 is 44.3. The maximum Gasteiger partial charge on any atom is 0.509 e. The molecule has 4 fully saturated rings. The Kier molecular flexibility index (Phi) is 6.56. The molecule has 5 aliphatic rings. The van der Waals surface area contributed by atoms with E-state index >= 15 is 8.78 Å². The average molecular weight is 537 g/mol. The highest BCUT2D eigenvalue weighted by molar-refractivity contribution is 6.01. The van der Waals surface area contributed by atoms with Crippen molar-refractivity contribution >= 4 is 17.9 Å². The van der Waals surface area contributed by atoms with Crippen LogP contribution in [0.15, 0.2) is 23.8 Å². The Morgan fingerprint density at radius 3 is 2.37 bits per heavy atom. The van der Waals surface area contributed by atoms with Gasteiger partial charge in [-0.2, -0.15) is 0 Å². The van der Waals surface area contributed by atoms with Crippen LogP contribution < -0.4 is 0 Å². The fourth-order valence-corrected chi connectivity index (χ4v) is 8.89. The smallest absolute Gasteiger partial charge is 0.478 e. The van der Waals surface area contributed by atoms with Crippen LogP contribution in [-0.4, -0.2) is 57.8 Å². The van der Waals surface area contributed by atoms with E-state index in [1.165, 1.54) is 19.1 Å². The van der Waals surface area contributed by atoms with Gasteiger partial charge in [-0.05, 0) is 75.5 Å². The van der Waals surface area contributed by atoms with Gasteiger partial charge in [0.15, 0.2) is 11.5 Å². The lowest BCUT2D eigenvalue weighted by Crippen LogP contribution is -2.71. The van der Waals surface area contributed by atoms with Gasteiger partial charge in [-0.25, -0.2) is 18.4 Å². The quantitative estimate of drug-likeness (QED) is 0.374. The third-order valence-corrected chi connectivity index (χ3v) is 10.8. The van der Waals surface area contributed by atoms with Crippen molar-refractivity contribution in [1.82, 2.24) is 0 Å². The number of rotatable bonds is 3. The summed E-state index contributed by atoms with van der Waals surface area (Å²) in [6, 6.07) is 0. The first kappa shape index (κ1) is 27.3. The predicted molar refractivity (Wildman–Crippen MR) is 133 cm³/mol. The first-order valence-electron chi connectivity index (χ1n) is 13.9. The van der Waals surface area contributed by atoms with Crippen molar-refractivity contribution in [1.29, 1.82) is 0 Å². The molecular weight excluding hydrogens is 498 g/mol. The van der Waals surface area contributed by atoms with Gasteiger partial charge in [0.05, 0.1) is 6.10 Å². The molecule has 210 valence electrons. The molecule has 0 aromatic heterocycles. The number of halogens is 2. The van der Waals surface area contributed by atoms with Crippen molar-refractivity contribution in [3.8, 4) is 0 Å². The zero-order valence-electron chi connectivity index (χ0n) is 22.3. The number of aliphatic hydroxyl groups is 1. The Morgan fingerprint density at radius 1 is 1.08 bits per heavy atom. The lowest BCUT2D eigenvalue weighted by Gasteiger charge is -2.62. The van der Waals surface area contributed by atoms with Crippen LogP contribution in [0.5, 0.6) is 0 Å². The van der Waals surface area contributed by atoms with Gasteiger partial charge in [0.25, 0.3) is 0 Å². The van der Waals surface area contributed by atoms with Gasteiger partial charge in [0.2, 0.25) is 5.60 Å². The Morgan fingerprint density at radius 2 is 1.74 bits per heavy atom. The van der Waals surface area contributed by atoms with Crippen molar-refractivity contribution in [3.05, 3.63) is 23.8 Å². The second-order valence-electron chi connectivity index (χ2n) is 12.6.